The zero-order chi connectivity index (χ0) is 17.1. The molecule has 5 nitrogen and oxygen atoms in total. The predicted molar refractivity (Wildman–Crippen MR) is 92.7 cm³/mol. The Balaban J connectivity index is 1.28. The van der Waals surface area contributed by atoms with Gasteiger partial charge in [-0.15, -0.1) is 0 Å². The Hall–Kier alpha value is -2.95. The topological polar surface area (TPSA) is 68.0 Å². The lowest BCUT2D eigenvalue weighted by atomic mass is 10.1. The summed E-state index contributed by atoms with van der Waals surface area (Å²) in [5.74, 6) is 1.52. The van der Waals surface area contributed by atoms with Crippen LogP contribution in [-0.4, -0.2) is 16.0 Å². The van der Waals surface area contributed by atoms with E-state index in [9.17, 15) is 4.79 Å². The second kappa shape index (κ2) is 6.89. The van der Waals surface area contributed by atoms with E-state index in [2.05, 4.69) is 27.6 Å². The number of nitrogens with zero attached hydrogens (tertiary/aromatic N) is 2. The molecule has 1 heterocycles. The van der Waals surface area contributed by atoms with Gasteiger partial charge in [0, 0.05) is 5.92 Å². The molecule has 0 radical (unpaired) electrons. The predicted octanol–water partition coefficient (Wildman–Crippen LogP) is 3.08. The average Bonchev–Trinajstić information content (AvgIpc) is 3.35. The molecule has 0 spiro atoms. The molecule has 0 unspecified atom stereocenters. The largest absolute Gasteiger partial charge is 0.348 e. The third-order valence-electron chi connectivity index (χ3n) is 4.48. The van der Waals surface area contributed by atoms with Crippen LogP contribution < -0.4 is 5.32 Å². The van der Waals surface area contributed by atoms with Crippen molar-refractivity contribution >= 4 is 5.91 Å². The second-order valence-electron chi connectivity index (χ2n) is 6.34. The summed E-state index contributed by atoms with van der Waals surface area (Å²) in [6.07, 6.45) is 1.50. The molecule has 1 aromatic heterocycles. The summed E-state index contributed by atoms with van der Waals surface area (Å²) in [7, 11) is 0. The third-order valence-corrected chi connectivity index (χ3v) is 4.48. The van der Waals surface area contributed by atoms with Crippen molar-refractivity contribution < 1.29 is 9.32 Å². The maximum Gasteiger partial charge on any atom is 0.231 e. The first kappa shape index (κ1) is 15.6. The number of amides is 1. The van der Waals surface area contributed by atoms with E-state index in [1.165, 1.54) is 5.56 Å². The lowest BCUT2D eigenvalue weighted by molar-refractivity contribution is -0.122. The molecule has 0 saturated heterocycles. The molecule has 1 aliphatic carbocycles. The van der Waals surface area contributed by atoms with E-state index in [1.807, 2.05) is 48.5 Å². The first-order chi connectivity index (χ1) is 12.3. The molecule has 1 N–H and O–H groups in total. The van der Waals surface area contributed by atoms with Gasteiger partial charge in [0.15, 0.2) is 5.82 Å². The van der Waals surface area contributed by atoms with Crippen LogP contribution in [0.1, 0.15) is 35.2 Å². The smallest absolute Gasteiger partial charge is 0.231 e. The van der Waals surface area contributed by atoms with E-state index >= 15 is 0 Å². The molecule has 1 aliphatic rings. The summed E-state index contributed by atoms with van der Waals surface area (Å²) < 4.78 is 5.26. The van der Waals surface area contributed by atoms with Gasteiger partial charge in [0.1, 0.15) is 0 Å². The fraction of sp³-hybridized carbons (Fsp3) is 0.250. The van der Waals surface area contributed by atoms with Crippen LogP contribution in [-0.2, 0) is 17.8 Å². The van der Waals surface area contributed by atoms with Crippen LogP contribution in [0.5, 0.6) is 0 Å². The molecule has 3 aromatic rings. The zero-order valence-corrected chi connectivity index (χ0v) is 13.8. The highest BCUT2D eigenvalue weighted by Gasteiger charge is 2.43. The summed E-state index contributed by atoms with van der Waals surface area (Å²) in [4.78, 5) is 16.6. The van der Waals surface area contributed by atoms with Crippen LogP contribution in [0.3, 0.4) is 0 Å². The molecule has 5 heteroatoms. The minimum Gasteiger partial charge on any atom is -0.348 e. The van der Waals surface area contributed by atoms with E-state index < -0.39 is 0 Å². The van der Waals surface area contributed by atoms with Gasteiger partial charge >= 0.3 is 0 Å². The number of aromatic nitrogens is 2. The number of carbonyl (C=O) groups is 1. The maximum atomic E-state index is 12.3. The van der Waals surface area contributed by atoms with Gasteiger partial charge < -0.3 is 9.84 Å². The van der Waals surface area contributed by atoms with E-state index in [4.69, 9.17) is 4.52 Å². The van der Waals surface area contributed by atoms with Gasteiger partial charge in [-0.05, 0) is 23.5 Å². The fourth-order valence-corrected chi connectivity index (χ4v) is 3.05. The van der Waals surface area contributed by atoms with Crippen molar-refractivity contribution in [1.29, 1.82) is 0 Å². The van der Waals surface area contributed by atoms with Gasteiger partial charge in [0.05, 0.1) is 13.0 Å². The molecule has 126 valence electrons. The normalized spacial score (nSPS) is 18.7. The number of nitrogens with one attached hydrogen (secondary N) is 1. The first-order valence-corrected chi connectivity index (χ1v) is 8.47. The van der Waals surface area contributed by atoms with Gasteiger partial charge in [-0.1, -0.05) is 65.8 Å². The van der Waals surface area contributed by atoms with Crippen molar-refractivity contribution in [2.24, 2.45) is 5.92 Å². The standard InChI is InChI=1S/C20H19N3O2/c24-20(17-12-16(17)15-9-5-2-6-10-15)21-13-18-22-19(25-23-18)11-14-7-3-1-4-8-14/h1-10,16-17H,11-13H2,(H,21,24)/t16-,17-/m0/s1. The van der Waals surface area contributed by atoms with Gasteiger partial charge in [-0.25, -0.2) is 0 Å². The number of benzene rings is 2. The number of hydrogen-bond donors (Lipinski definition) is 1. The highest BCUT2D eigenvalue weighted by molar-refractivity contribution is 5.82. The minimum atomic E-state index is 0.0538. The van der Waals surface area contributed by atoms with Gasteiger partial charge in [-0.3, -0.25) is 4.79 Å². The Labute approximate surface area is 146 Å². The molecule has 0 aliphatic heterocycles. The van der Waals surface area contributed by atoms with Gasteiger partial charge in [0.2, 0.25) is 11.8 Å². The number of carbonyl (C=O) groups excluding carboxylic acids is 1. The number of rotatable bonds is 6. The summed E-state index contributed by atoms with van der Waals surface area (Å²) >= 11 is 0. The van der Waals surface area contributed by atoms with Crippen LogP contribution >= 0.6 is 0 Å². The SMILES string of the molecule is O=C(NCc1noc(Cc2ccccc2)n1)[C@H]1C[C@H]1c1ccccc1. The molecule has 2 atom stereocenters. The van der Waals surface area contributed by atoms with Crippen LogP contribution in [0.4, 0.5) is 0 Å². The van der Waals surface area contributed by atoms with Crippen molar-refractivity contribution in [3.8, 4) is 0 Å². The lowest BCUT2D eigenvalue weighted by Gasteiger charge is -2.02. The van der Waals surface area contributed by atoms with E-state index in [0.717, 1.165) is 12.0 Å². The molecule has 2 aromatic carbocycles. The fourth-order valence-electron chi connectivity index (χ4n) is 3.05. The monoisotopic (exact) mass is 333 g/mol. The van der Waals surface area contributed by atoms with Crippen molar-refractivity contribution in [1.82, 2.24) is 15.5 Å². The molecule has 4 rings (SSSR count). The molecular formula is C20H19N3O2. The highest BCUT2D eigenvalue weighted by atomic mass is 16.5. The summed E-state index contributed by atoms with van der Waals surface area (Å²) in [6, 6.07) is 20.1. The van der Waals surface area contributed by atoms with Crippen molar-refractivity contribution in [3.05, 3.63) is 83.5 Å². The Morgan fingerprint density at radius 3 is 2.56 bits per heavy atom. The molecule has 0 bridgehead atoms. The van der Waals surface area contributed by atoms with E-state index in [0.29, 0.717) is 30.6 Å². The van der Waals surface area contributed by atoms with Gasteiger partial charge in [0.25, 0.3) is 0 Å². The Bertz CT molecular complexity index is 846. The van der Waals surface area contributed by atoms with Crippen molar-refractivity contribution in [2.45, 2.75) is 25.3 Å². The van der Waals surface area contributed by atoms with Crippen LogP contribution in [0.2, 0.25) is 0 Å². The summed E-state index contributed by atoms with van der Waals surface area (Å²) in [5.41, 5.74) is 2.35. The Kier molecular flexibility index (Phi) is 4.29. The van der Waals surface area contributed by atoms with Crippen molar-refractivity contribution in [2.75, 3.05) is 0 Å². The minimum absolute atomic E-state index is 0.0538. The molecule has 1 fully saturated rings. The van der Waals surface area contributed by atoms with Crippen molar-refractivity contribution in [3.63, 3.8) is 0 Å². The van der Waals surface area contributed by atoms with E-state index in [1.54, 1.807) is 0 Å². The third kappa shape index (κ3) is 3.76. The Morgan fingerprint density at radius 1 is 1.08 bits per heavy atom. The first-order valence-electron chi connectivity index (χ1n) is 8.47. The van der Waals surface area contributed by atoms with Crippen LogP contribution in [0.15, 0.2) is 65.2 Å². The lowest BCUT2D eigenvalue weighted by Crippen LogP contribution is -2.25. The summed E-state index contributed by atoms with van der Waals surface area (Å²) in [6.45, 7) is 0.301. The number of hydrogen-bond acceptors (Lipinski definition) is 4. The maximum absolute atomic E-state index is 12.3. The molecular weight excluding hydrogens is 314 g/mol. The quantitative estimate of drug-likeness (QED) is 0.753. The Morgan fingerprint density at radius 2 is 1.80 bits per heavy atom. The molecule has 25 heavy (non-hydrogen) atoms. The molecule has 1 saturated carbocycles. The zero-order valence-electron chi connectivity index (χ0n) is 13.8. The van der Waals surface area contributed by atoms with Crippen LogP contribution in [0.25, 0.3) is 0 Å². The average molecular weight is 333 g/mol. The summed E-state index contributed by atoms with van der Waals surface area (Å²) in [5, 5.41) is 6.85. The van der Waals surface area contributed by atoms with E-state index in [-0.39, 0.29) is 11.8 Å². The van der Waals surface area contributed by atoms with Gasteiger partial charge in [-0.2, -0.15) is 4.98 Å². The van der Waals surface area contributed by atoms with Crippen LogP contribution in [0, 0.1) is 5.92 Å². The molecule has 1 amide bonds. The highest BCUT2D eigenvalue weighted by Crippen LogP contribution is 2.47. The second-order valence-corrected chi connectivity index (χ2v) is 6.34.